The van der Waals surface area contributed by atoms with Gasteiger partial charge >= 0.3 is 6.03 Å². The highest BCUT2D eigenvalue weighted by atomic mass is 79.9. The summed E-state index contributed by atoms with van der Waals surface area (Å²) in [7, 11) is 0. The first-order chi connectivity index (χ1) is 14.3. The smallest absolute Gasteiger partial charge is 0.335 e. The van der Waals surface area contributed by atoms with Crippen molar-refractivity contribution in [2.24, 2.45) is 0 Å². The lowest BCUT2D eigenvalue weighted by molar-refractivity contribution is -0.122. The Bertz CT molecular complexity index is 1090. The van der Waals surface area contributed by atoms with Crippen LogP contribution in [0.3, 0.4) is 0 Å². The van der Waals surface area contributed by atoms with Crippen molar-refractivity contribution in [2.75, 3.05) is 4.90 Å². The van der Waals surface area contributed by atoms with Gasteiger partial charge in [0.05, 0.1) is 5.69 Å². The van der Waals surface area contributed by atoms with E-state index in [1.165, 1.54) is 12.8 Å². The first-order valence-electron chi connectivity index (χ1n) is 10.1. The molecule has 1 aromatic heterocycles. The monoisotopic (exact) mass is 469 g/mol. The van der Waals surface area contributed by atoms with Gasteiger partial charge in [-0.15, -0.1) is 0 Å². The molecule has 2 heterocycles. The molecule has 30 heavy (non-hydrogen) atoms. The Labute approximate surface area is 184 Å². The van der Waals surface area contributed by atoms with Crippen LogP contribution in [0.2, 0.25) is 0 Å². The van der Waals surface area contributed by atoms with Crippen molar-refractivity contribution in [3.63, 3.8) is 0 Å². The zero-order valence-electron chi connectivity index (χ0n) is 17.3. The van der Waals surface area contributed by atoms with E-state index in [9.17, 15) is 14.4 Å². The van der Waals surface area contributed by atoms with E-state index in [1.54, 1.807) is 18.2 Å². The summed E-state index contributed by atoms with van der Waals surface area (Å²) < 4.78 is 3.16. The third-order valence-corrected chi connectivity index (χ3v) is 6.51. The third kappa shape index (κ3) is 3.51. The second kappa shape index (κ2) is 7.87. The molecule has 0 unspecified atom stereocenters. The minimum absolute atomic E-state index is 0.0383. The summed E-state index contributed by atoms with van der Waals surface area (Å²) in [6, 6.07) is 7.02. The van der Waals surface area contributed by atoms with E-state index in [-0.39, 0.29) is 5.57 Å². The molecular formula is C23H24BrN3O3. The number of anilines is 1. The quantitative estimate of drug-likeness (QED) is 0.510. The third-order valence-electron chi connectivity index (χ3n) is 6.01. The maximum absolute atomic E-state index is 13.2. The average molecular weight is 470 g/mol. The molecule has 1 saturated carbocycles. The number of aryl methyl sites for hydroxylation is 2. The van der Waals surface area contributed by atoms with Gasteiger partial charge in [0.2, 0.25) is 0 Å². The molecule has 7 heteroatoms. The van der Waals surface area contributed by atoms with Gasteiger partial charge in [-0.1, -0.05) is 28.8 Å². The first kappa shape index (κ1) is 20.6. The molecule has 6 nitrogen and oxygen atoms in total. The predicted octanol–water partition coefficient (Wildman–Crippen LogP) is 4.96. The Morgan fingerprint density at radius 3 is 2.43 bits per heavy atom. The summed E-state index contributed by atoms with van der Waals surface area (Å²) in [4.78, 5) is 39.3. The van der Waals surface area contributed by atoms with Crippen molar-refractivity contribution in [3.05, 3.63) is 56.8 Å². The Hall–Kier alpha value is -2.67. The van der Waals surface area contributed by atoms with Crippen LogP contribution in [0.25, 0.3) is 6.08 Å². The van der Waals surface area contributed by atoms with Crippen molar-refractivity contribution < 1.29 is 14.4 Å². The number of hydrogen-bond donors (Lipinski definition) is 1. The number of hydrogen-bond acceptors (Lipinski definition) is 3. The van der Waals surface area contributed by atoms with Crippen LogP contribution < -0.4 is 10.2 Å². The fraction of sp³-hybridized carbons (Fsp3) is 0.348. The van der Waals surface area contributed by atoms with Crippen molar-refractivity contribution in [1.82, 2.24) is 9.88 Å². The Morgan fingerprint density at radius 1 is 1.07 bits per heavy atom. The molecule has 4 rings (SSSR count). The molecule has 2 aromatic rings. The maximum atomic E-state index is 13.2. The number of nitrogens with zero attached hydrogens (tertiary/aromatic N) is 2. The van der Waals surface area contributed by atoms with Crippen LogP contribution >= 0.6 is 15.9 Å². The lowest BCUT2D eigenvalue weighted by Crippen LogP contribution is -2.54. The van der Waals surface area contributed by atoms with Gasteiger partial charge in [-0.3, -0.25) is 14.9 Å². The molecule has 1 saturated heterocycles. The van der Waals surface area contributed by atoms with Crippen LogP contribution in [-0.4, -0.2) is 22.4 Å². The Kier molecular flexibility index (Phi) is 5.40. The van der Waals surface area contributed by atoms with E-state index < -0.39 is 17.8 Å². The fourth-order valence-electron chi connectivity index (χ4n) is 4.57. The average Bonchev–Trinajstić information content (AvgIpc) is 3.28. The van der Waals surface area contributed by atoms with Gasteiger partial charge in [-0.25, -0.2) is 9.69 Å². The fourth-order valence-corrected chi connectivity index (χ4v) is 5.05. The highest BCUT2D eigenvalue weighted by molar-refractivity contribution is 9.10. The van der Waals surface area contributed by atoms with E-state index in [1.807, 2.05) is 26.0 Å². The number of benzene rings is 1. The van der Waals surface area contributed by atoms with Crippen LogP contribution in [0.4, 0.5) is 10.5 Å². The number of halogens is 1. The predicted molar refractivity (Wildman–Crippen MR) is 119 cm³/mol. The number of carbonyl (C=O) groups excluding carboxylic acids is 3. The standard InChI is InChI=1S/C23H24BrN3O3/c1-13-10-17(24)8-9-20(13)27-22(29)19(21(28)25-23(27)30)12-16-11-14(2)26(15(16)3)18-6-4-5-7-18/h8-12,18H,4-7H2,1-3H3,(H,25,28,30)/b19-12+. The van der Waals surface area contributed by atoms with Gasteiger partial charge in [0, 0.05) is 21.9 Å². The van der Waals surface area contributed by atoms with Crippen molar-refractivity contribution in [2.45, 2.75) is 52.5 Å². The number of amides is 4. The van der Waals surface area contributed by atoms with E-state index in [0.29, 0.717) is 11.7 Å². The molecule has 156 valence electrons. The van der Waals surface area contributed by atoms with Crippen LogP contribution in [0, 0.1) is 20.8 Å². The Balaban J connectivity index is 1.74. The zero-order chi connectivity index (χ0) is 21.6. The number of barbiturate groups is 1. The molecule has 0 atom stereocenters. The molecular weight excluding hydrogens is 446 g/mol. The van der Waals surface area contributed by atoms with Crippen LogP contribution in [-0.2, 0) is 9.59 Å². The van der Waals surface area contributed by atoms with E-state index in [4.69, 9.17) is 0 Å². The summed E-state index contributed by atoms with van der Waals surface area (Å²) in [5.74, 6) is -1.28. The summed E-state index contributed by atoms with van der Waals surface area (Å²) >= 11 is 3.39. The minimum atomic E-state index is -0.732. The van der Waals surface area contributed by atoms with Gasteiger partial charge in [-0.05, 0) is 75.1 Å². The van der Waals surface area contributed by atoms with Crippen LogP contribution in [0.15, 0.2) is 34.3 Å². The number of urea groups is 1. The number of nitrogens with one attached hydrogen (secondary N) is 1. The molecule has 0 bridgehead atoms. The van der Waals surface area contributed by atoms with E-state index in [0.717, 1.165) is 44.7 Å². The molecule has 2 fully saturated rings. The lowest BCUT2D eigenvalue weighted by Gasteiger charge is -2.27. The summed E-state index contributed by atoms with van der Waals surface area (Å²) in [6.45, 7) is 5.89. The summed E-state index contributed by atoms with van der Waals surface area (Å²) in [5.41, 5.74) is 4.15. The lowest BCUT2D eigenvalue weighted by atomic mass is 10.1. The summed E-state index contributed by atoms with van der Waals surface area (Å²) in [5, 5.41) is 2.31. The number of carbonyl (C=O) groups is 3. The van der Waals surface area contributed by atoms with Crippen LogP contribution in [0.1, 0.15) is 54.2 Å². The molecule has 4 amide bonds. The van der Waals surface area contributed by atoms with Crippen molar-refractivity contribution in [1.29, 1.82) is 0 Å². The molecule has 0 radical (unpaired) electrons. The second-order valence-corrected chi connectivity index (χ2v) is 8.94. The van der Waals surface area contributed by atoms with Gasteiger partial charge < -0.3 is 4.57 Å². The molecule has 1 aromatic carbocycles. The Morgan fingerprint density at radius 2 is 1.77 bits per heavy atom. The molecule has 2 aliphatic rings. The first-order valence-corrected chi connectivity index (χ1v) is 10.9. The SMILES string of the molecule is Cc1cc(Br)ccc1N1C(=O)NC(=O)/C(=C\c2cc(C)n(C3CCCC3)c2C)C1=O. The molecule has 0 spiro atoms. The summed E-state index contributed by atoms with van der Waals surface area (Å²) in [6.07, 6.45) is 6.36. The zero-order valence-corrected chi connectivity index (χ0v) is 18.9. The maximum Gasteiger partial charge on any atom is 0.335 e. The van der Waals surface area contributed by atoms with Gasteiger partial charge in [-0.2, -0.15) is 0 Å². The van der Waals surface area contributed by atoms with Gasteiger partial charge in [0.15, 0.2) is 0 Å². The van der Waals surface area contributed by atoms with E-state index in [2.05, 4.69) is 32.7 Å². The largest absolute Gasteiger partial charge is 0.346 e. The van der Waals surface area contributed by atoms with Crippen molar-refractivity contribution >= 4 is 45.5 Å². The highest BCUT2D eigenvalue weighted by Gasteiger charge is 2.37. The number of aromatic nitrogens is 1. The topological polar surface area (TPSA) is 71.4 Å². The van der Waals surface area contributed by atoms with Gasteiger partial charge in [0.1, 0.15) is 5.57 Å². The number of imide groups is 2. The highest BCUT2D eigenvalue weighted by Crippen LogP contribution is 2.34. The minimum Gasteiger partial charge on any atom is -0.346 e. The molecule has 1 aliphatic heterocycles. The normalized spacial score (nSPS) is 19.1. The van der Waals surface area contributed by atoms with Gasteiger partial charge in [0.25, 0.3) is 11.8 Å². The number of rotatable bonds is 3. The second-order valence-electron chi connectivity index (χ2n) is 8.02. The molecule has 1 N–H and O–H groups in total. The van der Waals surface area contributed by atoms with Crippen LogP contribution in [0.5, 0.6) is 0 Å². The molecule has 1 aliphatic carbocycles. The van der Waals surface area contributed by atoms with E-state index >= 15 is 0 Å². The van der Waals surface area contributed by atoms with Crippen molar-refractivity contribution in [3.8, 4) is 0 Å².